The van der Waals surface area contributed by atoms with E-state index in [0.29, 0.717) is 17.0 Å². The summed E-state index contributed by atoms with van der Waals surface area (Å²) in [5, 5.41) is 8.06. The van der Waals surface area contributed by atoms with Crippen molar-refractivity contribution in [1.29, 1.82) is 0 Å². The molecule has 0 amide bonds. The van der Waals surface area contributed by atoms with Crippen molar-refractivity contribution < 1.29 is 18.3 Å². The van der Waals surface area contributed by atoms with Crippen LogP contribution < -0.4 is 0 Å². The Balaban J connectivity index is 1.79. The van der Waals surface area contributed by atoms with Crippen LogP contribution in [0.1, 0.15) is 21.6 Å². The van der Waals surface area contributed by atoms with Crippen LogP contribution in [0, 0.1) is 18.6 Å². The molecule has 0 aliphatic carbocycles. The number of carbonyl (C=O) groups excluding carboxylic acids is 1. The maximum Gasteiger partial charge on any atom is 0.338 e. The lowest BCUT2D eigenvalue weighted by molar-refractivity contribution is 0.0535. The second-order valence-electron chi connectivity index (χ2n) is 5.48. The van der Waals surface area contributed by atoms with Crippen molar-refractivity contribution in [3.8, 4) is 16.9 Å². The van der Waals surface area contributed by atoms with E-state index in [4.69, 9.17) is 4.74 Å². The molecule has 1 aliphatic heterocycles. The van der Waals surface area contributed by atoms with E-state index in [9.17, 15) is 13.6 Å². The smallest absolute Gasteiger partial charge is 0.338 e. The molecule has 7 heteroatoms. The van der Waals surface area contributed by atoms with Crippen LogP contribution in [0.15, 0.2) is 36.4 Å². The molecular weight excluding hydrogens is 316 g/mol. The molecule has 1 aromatic heterocycles. The molecule has 0 saturated heterocycles. The fraction of sp³-hybridized carbons (Fsp3) is 0.118. The molecule has 0 radical (unpaired) electrons. The van der Waals surface area contributed by atoms with Gasteiger partial charge in [-0.15, -0.1) is 5.10 Å². The fourth-order valence-electron chi connectivity index (χ4n) is 2.76. The van der Waals surface area contributed by atoms with Crippen molar-refractivity contribution in [2.45, 2.75) is 13.5 Å². The summed E-state index contributed by atoms with van der Waals surface area (Å²) in [6.45, 7) is 1.97. The third kappa shape index (κ3) is 2.17. The number of carbonyl (C=O) groups is 1. The molecule has 0 bridgehead atoms. The van der Waals surface area contributed by atoms with Gasteiger partial charge in [-0.2, -0.15) is 0 Å². The highest BCUT2D eigenvalue weighted by atomic mass is 19.1. The molecule has 0 spiro atoms. The quantitative estimate of drug-likeness (QED) is 0.678. The van der Waals surface area contributed by atoms with Gasteiger partial charge in [-0.25, -0.2) is 18.3 Å². The first kappa shape index (κ1) is 14.5. The maximum atomic E-state index is 14.0. The SMILES string of the molecule is Cc1c(-c2ccc3c(c2)COC3=O)nnn1-c1ccc(F)cc1F. The van der Waals surface area contributed by atoms with Gasteiger partial charge in [-0.1, -0.05) is 11.3 Å². The largest absolute Gasteiger partial charge is 0.457 e. The molecule has 4 rings (SSSR count). The van der Waals surface area contributed by atoms with Gasteiger partial charge in [0.15, 0.2) is 5.82 Å². The van der Waals surface area contributed by atoms with E-state index in [0.717, 1.165) is 23.3 Å². The topological polar surface area (TPSA) is 57.0 Å². The highest BCUT2D eigenvalue weighted by molar-refractivity contribution is 5.94. The Morgan fingerprint density at radius 1 is 1.17 bits per heavy atom. The number of ether oxygens (including phenoxy) is 1. The summed E-state index contributed by atoms with van der Waals surface area (Å²) in [5.41, 5.74) is 3.34. The predicted molar refractivity (Wildman–Crippen MR) is 80.6 cm³/mol. The number of hydrogen-bond donors (Lipinski definition) is 0. The Morgan fingerprint density at radius 3 is 2.79 bits per heavy atom. The molecule has 2 aromatic carbocycles. The van der Waals surface area contributed by atoms with Crippen LogP contribution >= 0.6 is 0 Å². The third-order valence-electron chi connectivity index (χ3n) is 3.99. The maximum absolute atomic E-state index is 14.0. The lowest BCUT2D eigenvalue weighted by atomic mass is 10.0. The molecule has 0 N–H and O–H groups in total. The van der Waals surface area contributed by atoms with Crippen LogP contribution in [0.5, 0.6) is 0 Å². The van der Waals surface area contributed by atoms with Crippen molar-refractivity contribution in [3.63, 3.8) is 0 Å². The number of halogens is 2. The van der Waals surface area contributed by atoms with E-state index >= 15 is 0 Å². The van der Waals surface area contributed by atoms with Crippen LogP contribution in [0.4, 0.5) is 8.78 Å². The Morgan fingerprint density at radius 2 is 2.00 bits per heavy atom. The van der Waals surface area contributed by atoms with Crippen molar-refractivity contribution in [3.05, 3.63) is 64.9 Å². The summed E-state index contributed by atoms with van der Waals surface area (Å²) in [6, 6.07) is 8.50. The number of benzene rings is 2. The molecule has 0 saturated carbocycles. The van der Waals surface area contributed by atoms with E-state index in [1.165, 1.54) is 10.7 Å². The highest BCUT2D eigenvalue weighted by Gasteiger charge is 2.23. The number of aromatic nitrogens is 3. The second kappa shape index (κ2) is 5.23. The fourth-order valence-corrected chi connectivity index (χ4v) is 2.76. The normalized spacial score (nSPS) is 13.0. The first-order valence-corrected chi connectivity index (χ1v) is 7.23. The van der Waals surface area contributed by atoms with Crippen LogP contribution in [-0.4, -0.2) is 21.0 Å². The van der Waals surface area contributed by atoms with Gasteiger partial charge in [0.25, 0.3) is 0 Å². The van der Waals surface area contributed by atoms with Gasteiger partial charge in [0.1, 0.15) is 23.8 Å². The lowest BCUT2D eigenvalue weighted by Crippen LogP contribution is -2.02. The van der Waals surface area contributed by atoms with E-state index in [1.54, 1.807) is 19.1 Å². The van der Waals surface area contributed by atoms with E-state index in [1.807, 2.05) is 6.07 Å². The Kier molecular flexibility index (Phi) is 3.16. The van der Waals surface area contributed by atoms with E-state index in [-0.39, 0.29) is 18.3 Å². The van der Waals surface area contributed by atoms with Crippen LogP contribution in [0.25, 0.3) is 16.9 Å². The summed E-state index contributed by atoms with van der Waals surface area (Å²) in [4.78, 5) is 11.5. The zero-order valence-electron chi connectivity index (χ0n) is 12.6. The summed E-state index contributed by atoms with van der Waals surface area (Å²) < 4.78 is 33.3. The monoisotopic (exact) mass is 327 g/mol. The minimum Gasteiger partial charge on any atom is -0.457 e. The van der Waals surface area contributed by atoms with Crippen LogP contribution in [0.2, 0.25) is 0 Å². The van der Waals surface area contributed by atoms with Crippen molar-refractivity contribution >= 4 is 5.97 Å². The summed E-state index contributed by atoms with van der Waals surface area (Å²) >= 11 is 0. The molecule has 0 unspecified atom stereocenters. The average molecular weight is 327 g/mol. The molecule has 24 heavy (non-hydrogen) atoms. The van der Waals surface area contributed by atoms with E-state index < -0.39 is 11.6 Å². The third-order valence-corrected chi connectivity index (χ3v) is 3.99. The number of fused-ring (bicyclic) bond motifs is 1. The first-order valence-electron chi connectivity index (χ1n) is 7.23. The molecule has 1 aliphatic rings. The minimum atomic E-state index is -0.720. The van der Waals surface area contributed by atoms with E-state index in [2.05, 4.69) is 10.3 Å². The standard InChI is InChI=1S/C17H11F2N3O2/c1-9-16(10-2-4-13-11(6-10)8-24-17(13)23)20-21-22(9)15-5-3-12(18)7-14(15)19/h2-7H,8H2,1H3. The number of cyclic esters (lactones) is 1. The van der Waals surface area contributed by atoms with Crippen molar-refractivity contribution in [2.75, 3.05) is 0 Å². The number of rotatable bonds is 2. The van der Waals surface area contributed by atoms with Gasteiger partial charge in [0.2, 0.25) is 0 Å². The summed E-state index contributed by atoms with van der Waals surface area (Å²) in [5.74, 6) is -1.72. The van der Waals surface area contributed by atoms with Gasteiger partial charge < -0.3 is 4.74 Å². The Labute approximate surface area is 135 Å². The predicted octanol–water partition coefficient (Wildman–Crippen LogP) is 3.19. The second-order valence-corrected chi connectivity index (χ2v) is 5.48. The van der Waals surface area contributed by atoms with Crippen LogP contribution in [0.3, 0.4) is 0 Å². The van der Waals surface area contributed by atoms with Gasteiger partial charge in [-0.3, -0.25) is 0 Å². The number of hydrogen-bond acceptors (Lipinski definition) is 4. The number of esters is 1. The molecule has 5 nitrogen and oxygen atoms in total. The molecular formula is C17H11F2N3O2. The number of nitrogens with zero attached hydrogens (tertiary/aromatic N) is 3. The van der Waals surface area contributed by atoms with Crippen molar-refractivity contribution in [2.24, 2.45) is 0 Å². The zero-order chi connectivity index (χ0) is 16.8. The van der Waals surface area contributed by atoms with Gasteiger partial charge in [-0.05, 0) is 31.2 Å². The Hall–Kier alpha value is -3.09. The molecule has 0 atom stereocenters. The Bertz CT molecular complexity index is 982. The molecule has 3 aromatic rings. The first-order chi connectivity index (χ1) is 11.5. The highest BCUT2D eigenvalue weighted by Crippen LogP contribution is 2.28. The van der Waals surface area contributed by atoms with Crippen LogP contribution in [-0.2, 0) is 11.3 Å². The lowest BCUT2D eigenvalue weighted by Gasteiger charge is -2.06. The molecule has 0 fully saturated rings. The van der Waals surface area contributed by atoms with Gasteiger partial charge in [0, 0.05) is 17.2 Å². The summed E-state index contributed by atoms with van der Waals surface area (Å²) in [7, 11) is 0. The molecule has 120 valence electrons. The zero-order valence-corrected chi connectivity index (χ0v) is 12.6. The van der Waals surface area contributed by atoms with Crippen molar-refractivity contribution in [1.82, 2.24) is 15.0 Å². The van der Waals surface area contributed by atoms with Gasteiger partial charge >= 0.3 is 5.97 Å². The molecule has 2 heterocycles. The van der Waals surface area contributed by atoms with Gasteiger partial charge in [0.05, 0.1) is 11.3 Å². The minimum absolute atomic E-state index is 0.118. The summed E-state index contributed by atoms with van der Waals surface area (Å²) in [6.07, 6.45) is 0. The average Bonchev–Trinajstić information content (AvgIpc) is 3.11.